The maximum atomic E-state index is 4.44. The lowest BCUT2D eigenvalue weighted by Crippen LogP contribution is -1.78. The number of aromatic nitrogens is 1. The molecule has 1 aromatic carbocycles. The first-order valence-corrected chi connectivity index (χ1v) is 5.13. The summed E-state index contributed by atoms with van der Waals surface area (Å²) in [4.78, 5) is 4.44. The van der Waals surface area contributed by atoms with Crippen molar-refractivity contribution in [3.63, 3.8) is 0 Å². The van der Waals surface area contributed by atoms with E-state index < -0.39 is 0 Å². The molecule has 1 aromatic heterocycles. The van der Waals surface area contributed by atoms with Gasteiger partial charge >= 0.3 is 0 Å². The van der Waals surface area contributed by atoms with Gasteiger partial charge in [0.1, 0.15) is 5.01 Å². The number of thiazole rings is 1. The van der Waals surface area contributed by atoms with Gasteiger partial charge in [-0.25, -0.2) is 4.98 Å². The second-order valence-electron chi connectivity index (χ2n) is 3.16. The molecule has 0 saturated heterocycles. The van der Waals surface area contributed by atoms with Crippen molar-refractivity contribution in [2.45, 2.75) is 13.8 Å². The highest BCUT2D eigenvalue weighted by atomic mass is 32.1. The zero-order valence-corrected chi connectivity index (χ0v) is 8.56. The molecule has 66 valence electrons. The molecule has 0 fully saturated rings. The second-order valence-corrected chi connectivity index (χ2v) is 4.02. The summed E-state index contributed by atoms with van der Waals surface area (Å²) in [5.74, 6) is 0. The third kappa shape index (κ3) is 1.78. The fraction of sp³-hybridized carbons (Fsp3) is 0.182. The minimum atomic E-state index is 1.10. The molecule has 2 rings (SSSR count). The van der Waals surface area contributed by atoms with Gasteiger partial charge in [0.25, 0.3) is 0 Å². The lowest BCUT2D eigenvalue weighted by molar-refractivity contribution is 1.27. The van der Waals surface area contributed by atoms with Crippen LogP contribution >= 0.6 is 11.3 Å². The van der Waals surface area contributed by atoms with Gasteiger partial charge in [0.05, 0.1) is 0 Å². The van der Waals surface area contributed by atoms with Crippen molar-refractivity contribution in [3.8, 4) is 10.6 Å². The summed E-state index contributed by atoms with van der Waals surface area (Å²) >= 11 is 1.70. The zero-order valence-electron chi connectivity index (χ0n) is 7.74. The van der Waals surface area contributed by atoms with Crippen LogP contribution in [0.1, 0.15) is 11.3 Å². The van der Waals surface area contributed by atoms with E-state index in [1.54, 1.807) is 11.3 Å². The van der Waals surface area contributed by atoms with Crippen molar-refractivity contribution < 1.29 is 0 Å². The van der Waals surface area contributed by atoms with Crippen LogP contribution in [-0.2, 0) is 0 Å². The molecule has 13 heavy (non-hydrogen) atoms. The first-order chi connectivity index (χ1) is 6.25. The summed E-state index contributed by atoms with van der Waals surface area (Å²) in [5.41, 5.74) is 3.60. The van der Waals surface area contributed by atoms with E-state index in [9.17, 15) is 0 Å². The molecule has 0 N–H and O–H groups in total. The standard InChI is InChI=1S/C11H11NS/c1-8-4-3-5-10(6-8)11-12-9(2)7-13-11/h3-7H,1-2H3. The fourth-order valence-corrected chi connectivity index (χ4v) is 2.06. The second kappa shape index (κ2) is 3.30. The molecule has 2 aromatic rings. The first-order valence-electron chi connectivity index (χ1n) is 4.25. The van der Waals surface area contributed by atoms with E-state index in [0.29, 0.717) is 0 Å². The predicted octanol–water partition coefficient (Wildman–Crippen LogP) is 3.43. The zero-order chi connectivity index (χ0) is 9.26. The van der Waals surface area contributed by atoms with Gasteiger partial charge in [0, 0.05) is 16.6 Å². The van der Waals surface area contributed by atoms with E-state index in [2.05, 4.69) is 41.6 Å². The number of nitrogens with zero attached hydrogens (tertiary/aromatic N) is 1. The van der Waals surface area contributed by atoms with Gasteiger partial charge in [-0.2, -0.15) is 0 Å². The SMILES string of the molecule is Cc1cccc(-c2nc(C)cs2)c1. The normalized spacial score (nSPS) is 10.3. The van der Waals surface area contributed by atoms with Crippen molar-refractivity contribution in [1.29, 1.82) is 0 Å². The van der Waals surface area contributed by atoms with Crippen LogP contribution in [0, 0.1) is 13.8 Å². The summed E-state index contributed by atoms with van der Waals surface area (Å²) in [5, 5.41) is 3.19. The Bertz CT molecular complexity index is 418. The quantitative estimate of drug-likeness (QED) is 0.669. The first kappa shape index (κ1) is 8.45. The summed E-state index contributed by atoms with van der Waals surface area (Å²) in [7, 11) is 0. The molecule has 2 heteroatoms. The monoisotopic (exact) mass is 189 g/mol. The molecule has 0 atom stereocenters. The van der Waals surface area contributed by atoms with Crippen LogP contribution in [-0.4, -0.2) is 4.98 Å². The van der Waals surface area contributed by atoms with E-state index in [0.717, 1.165) is 10.7 Å². The van der Waals surface area contributed by atoms with Crippen LogP contribution < -0.4 is 0 Å². The molecule has 0 aliphatic heterocycles. The van der Waals surface area contributed by atoms with Gasteiger partial charge in [0.2, 0.25) is 0 Å². The molecule has 1 heterocycles. The lowest BCUT2D eigenvalue weighted by atomic mass is 10.1. The Morgan fingerprint density at radius 2 is 2.08 bits per heavy atom. The molecular weight excluding hydrogens is 178 g/mol. The molecule has 0 aliphatic rings. The van der Waals surface area contributed by atoms with Crippen LogP contribution in [0.15, 0.2) is 29.6 Å². The highest BCUT2D eigenvalue weighted by molar-refractivity contribution is 7.13. The average Bonchev–Trinajstić information content (AvgIpc) is 2.52. The van der Waals surface area contributed by atoms with Crippen molar-refractivity contribution in [1.82, 2.24) is 4.98 Å². The molecule has 0 amide bonds. The Morgan fingerprint density at radius 1 is 1.23 bits per heavy atom. The highest BCUT2D eigenvalue weighted by Gasteiger charge is 2.01. The minimum Gasteiger partial charge on any atom is -0.241 e. The van der Waals surface area contributed by atoms with Crippen LogP contribution in [0.3, 0.4) is 0 Å². The van der Waals surface area contributed by atoms with E-state index in [4.69, 9.17) is 0 Å². The highest BCUT2D eigenvalue weighted by Crippen LogP contribution is 2.23. The summed E-state index contributed by atoms with van der Waals surface area (Å²) in [6, 6.07) is 8.44. The number of aryl methyl sites for hydroxylation is 2. The van der Waals surface area contributed by atoms with Crippen LogP contribution in [0.5, 0.6) is 0 Å². The van der Waals surface area contributed by atoms with E-state index in [1.807, 2.05) is 6.92 Å². The smallest absolute Gasteiger partial charge is 0.123 e. The van der Waals surface area contributed by atoms with Crippen LogP contribution in [0.25, 0.3) is 10.6 Å². The van der Waals surface area contributed by atoms with Gasteiger partial charge in [0.15, 0.2) is 0 Å². The summed E-state index contributed by atoms with van der Waals surface area (Å²) in [6.07, 6.45) is 0. The van der Waals surface area contributed by atoms with Gasteiger partial charge in [-0.3, -0.25) is 0 Å². The largest absolute Gasteiger partial charge is 0.241 e. The Hall–Kier alpha value is -1.15. The maximum absolute atomic E-state index is 4.44. The Kier molecular flexibility index (Phi) is 2.15. The van der Waals surface area contributed by atoms with Crippen molar-refractivity contribution >= 4 is 11.3 Å². The van der Waals surface area contributed by atoms with E-state index in [-0.39, 0.29) is 0 Å². The summed E-state index contributed by atoms with van der Waals surface area (Å²) < 4.78 is 0. The number of rotatable bonds is 1. The molecular formula is C11H11NS. The van der Waals surface area contributed by atoms with Crippen molar-refractivity contribution in [2.24, 2.45) is 0 Å². The summed E-state index contributed by atoms with van der Waals surface area (Å²) in [6.45, 7) is 4.12. The predicted molar refractivity (Wildman–Crippen MR) is 57.0 cm³/mol. The Balaban J connectivity index is 2.46. The van der Waals surface area contributed by atoms with Crippen molar-refractivity contribution in [3.05, 3.63) is 40.9 Å². The van der Waals surface area contributed by atoms with Crippen LogP contribution in [0.4, 0.5) is 0 Å². The molecule has 1 nitrogen and oxygen atoms in total. The third-order valence-corrected chi connectivity index (χ3v) is 2.89. The van der Waals surface area contributed by atoms with Crippen molar-refractivity contribution in [2.75, 3.05) is 0 Å². The lowest BCUT2D eigenvalue weighted by Gasteiger charge is -1.96. The molecule has 0 spiro atoms. The molecule has 0 unspecified atom stereocenters. The van der Waals surface area contributed by atoms with Crippen LogP contribution in [0.2, 0.25) is 0 Å². The number of hydrogen-bond acceptors (Lipinski definition) is 2. The number of benzene rings is 1. The Labute approximate surface area is 82.1 Å². The molecule has 0 aliphatic carbocycles. The van der Waals surface area contributed by atoms with Gasteiger partial charge in [-0.15, -0.1) is 11.3 Å². The Morgan fingerprint density at radius 3 is 2.69 bits per heavy atom. The van der Waals surface area contributed by atoms with E-state index in [1.165, 1.54) is 11.1 Å². The third-order valence-electron chi connectivity index (χ3n) is 1.88. The number of hydrogen-bond donors (Lipinski definition) is 0. The van der Waals surface area contributed by atoms with Gasteiger partial charge in [-0.1, -0.05) is 23.8 Å². The fourth-order valence-electron chi connectivity index (χ4n) is 1.26. The minimum absolute atomic E-state index is 1.10. The van der Waals surface area contributed by atoms with E-state index >= 15 is 0 Å². The van der Waals surface area contributed by atoms with Gasteiger partial charge < -0.3 is 0 Å². The molecule has 0 saturated carbocycles. The van der Waals surface area contributed by atoms with Gasteiger partial charge in [-0.05, 0) is 19.9 Å². The maximum Gasteiger partial charge on any atom is 0.123 e. The molecule has 0 radical (unpaired) electrons. The molecule has 0 bridgehead atoms. The topological polar surface area (TPSA) is 12.9 Å². The average molecular weight is 189 g/mol.